The second-order valence-corrected chi connectivity index (χ2v) is 6.45. The molecule has 18 heavy (non-hydrogen) atoms. The summed E-state index contributed by atoms with van der Waals surface area (Å²) in [5.74, 6) is 0.743. The van der Waals surface area contributed by atoms with Crippen molar-refractivity contribution < 1.29 is 0 Å². The third-order valence-corrected chi connectivity index (χ3v) is 4.54. The number of allylic oxidation sites excluding steroid dienone is 1. The molecule has 0 heterocycles. The molecule has 0 bridgehead atoms. The van der Waals surface area contributed by atoms with Crippen molar-refractivity contribution in [1.82, 2.24) is 0 Å². The van der Waals surface area contributed by atoms with Crippen LogP contribution >= 0.6 is 28.4 Å². The molecule has 4 heteroatoms. The smallest absolute Gasteiger partial charge is 0.0659 e. The van der Waals surface area contributed by atoms with Crippen molar-refractivity contribution in [2.45, 2.75) is 31.6 Å². The molecular formula is C14H18IN2P. The third kappa shape index (κ3) is 3.55. The van der Waals surface area contributed by atoms with Crippen LogP contribution in [0.3, 0.4) is 0 Å². The van der Waals surface area contributed by atoms with Gasteiger partial charge in [-0.2, -0.15) is 0 Å². The van der Waals surface area contributed by atoms with Gasteiger partial charge in [-0.25, -0.2) is 0 Å². The standard InChI is InChI=1S/C14H18IN2P/c15-18-17-10-14(9-16)13-7-3-6-12(8-13)11-4-1-2-5-11/h3,6-11,18H,1-2,4-5,16H2. The van der Waals surface area contributed by atoms with E-state index in [0.29, 0.717) is 6.37 Å². The number of halogens is 1. The van der Waals surface area contributed by atoms with Gasteiger partial charge in [0.2, 0.25) is 0 Å². The maximum absolute atomic E-state index is 5.70. The summed E-state index contributed by atoms with van der Waals surface area (Å²) in [7, 11) is 0. The van der Waals surface area contributed by atoms with Gasteiger partial charge in [-0.1, -0.05) is 37.1 Å². The highest BCUT2D eigenvalue weighted by Crippen LogP contribution is 2.34. The van der Waals surface area contributed by atoms with E-state index in [9.17, 15) is 0 Å². The van der Waals surface area contributed by atoms with E-state index in [1.807, 2.05) is 6.21 Å². The number of hydrogen-bond acceptors (Lipinski definition) is 2. The van der Waals surface area contributed by atoms with E-state index in [-0.39, 0.29) is 0 Å². The van der Waals surface area contributed by atoms with E-state index in [4.69, 9.17) is 5.73 Å². The first-order valence-corrected chi connectivity index (χ1v) is 10.3. The van der Waals surface area contributed by atoms with Gasteiger partial charge in [-0.3, -0.25) is 4.76 Å². The molecular weight excluding hydrogens is 354 g/mol. The van der Waals surface area contributed by atoms with Gasteiger partial charge in [-0.05, 0) is 51.9 Å². The minimum absolute atomic E-state index is 0.544. The molecule has 0 radical (unpaired) electrons. The van der Waals surface area contributed by atoms with Crippen molar-refractivity contribution in [2.75, 3.05) is 0 Å². The van der Waals surface area contributed by atoms with Crippen LogP contribution in [0.5, 0.6) is 0 Å². The minimum atomic E-state index is 0.544. The number of nitrogens with two attached hydrogens (primary N) is 1. The van der Waals surface area contributed by atoms with Gasteiger partial charge >= 0.3 is 0 Å². The Morgan fingerprint density at radius 2 is 2.17 bits per heavy atom. The molecule has 1 unspecified atom stereocenters. The topological polar surface area (TPSA) is 38.4 Å². The Hall–Kier alpha value is -0.410. The van der Waals surface area contributed by atoms with Crippen LogP contribution in [-0.4, -0.2) is 6.21 Å². The lowest BCUT2D eigenvalue weighted by Gasteiger charge is -2.11. The molecule has 2 nitrogen and oxygen atoms in total. The van der Waals surface area contributed by atoms with Crippen LogP contribution in [0, 0.1) is 0 Å². The first-order chi connectivity index (χ1) is 8.85. The molecule has 1 aromatic rings. The maximum atomic E-state index is 5.70. The lowest BCUT2D eigenvalue weighted by molar-refractivity contribution is 0.723. The zero-order chi connectivity index (χ0) is 12.8. The molecule has 1 atom stereocenters. The summed E-state index contributed by atoms with van der Waals surface area (Å²) in [6, 6.07) is 8.76. The summed E-state index contributed by atoms with van der Waals surface area (Å²) < 4.78 is 4.29. The predicted molar refractivity (Wildman–Crippen MR) is 90.6 cm³/mol. The van der Waals surface area contributed by atoms with Crippen molar-refractivity contribution in [2.24, 2.45) is 10.5 Å². The number of nitrogens with zero attached hydrogens (tertiary/aromatic N) is 1. The molecule has 1 fully saturated rings. The Kier molecular flexibility index (Phi) is 5.64. The van der Waals surface area contributed by atoms with Crippen LogP contribution in [0.1, 0.15) is 42.7 Å². The third-order valence-electron chi connectivity index (χ3n) is 3.48. The summed E-state index contributed by atoms with van der Waals surface area (Å²) in [6.45, 7) is 0. The summed E-state index contributed by atoms with van der Waals surface area (Å²) in [6.07, 6.45) is 9.45. The SMILES string of the molecule is NC=C(C=NPI)c1cccc(C2CCCC2)c1. The molecule has 0 amide bonds. The maximum Gasteiger partial charge on any atom is 0.0659 e. The Morgan fingerprint density at radius 1 is 1.39 bits per heavy atom. The number of hydrogen-bond donors (Lipinski definition) is 1. The lowest BCUT2D eigenvalue weighted by atomic mass is 9.94. The zero-order valence-corrected chi connectivity index (χ0v) is 13.4. The predicted octanol–water partition coefficient (Wildman–Crippen LogP) is 4.66. The minimum Gasteiger partial charge on any atom is -0.404 e. The largest absolute Gasteiger partial charge is 0.404 e. The average Bonchev–Trinajstić information content (AvgIpc) is 2.94. The highest BCUT2D eigenvalue weighted by molar-refractivity contribution is 14.2. The second-order valence-electron chi connectivity index (χ2n) is 4.57. The van der Waals surface area contributed by atoms with Crippen LogP contribution in [0.2, 0.25) is 0 Å². The molecule has 1 saturated carbocycles. The van der Waals surface area contributed by atoms with E-state index in [0.717, 1.165) is 11.5 Å². The lowest BCUT2D eigenvalue weighted by Crippen LogP contribution is -1.96. The van der Waals surface area contributed by atoms with Crippen molar-refractivity contribution >= 4 is 40.2 Å². The van der Waals surface area contributed by atoms with E-state index in [1.165, 1.54) is 36.8 Å². The molecule has 0 aromatic heterocycles. The van der Waals surface area contributed by atoms with Gasteiger partial charge in [0.25, 0.3) is 0 Å². The summed E-state index contributed by atoms with van der Waals surface area (Å²) >= 11 is 2.26. The van der Waals surface area contributed by atoms with Gasteiger partial charge < -0.3 is 5.73 Å². The van der Waals surface area contributed by atoms with Gasteiger partial charge in [0, 0.05) is 18.0 Å². The fourth-order valence-corrected chi connectivity index (χ4v) is 3.14. The van der Waals surface area contributed by atoms with Crippen molar-refractivity contribution in [3.8, 4) is 0 Å². The van der Waals surface area contributed by atoms with Crippen molar-refractivity contribution in [3.05, 3.63) is 41.6 Å². The van der Waals surface area contributed by atoms with E-state index in [1.54, 1.807) is 6.20 Å². The second kappa shape index (κ2) is 7.25. The van der Waals surface area contributed by atoms with Crippen LogP contribution in [0.15, 0.2) is 35.2 Å². The molecule has 96 valence electrons. The molecule has 0 saturated heterocycles. The van der Waals surface area contributed by atoms with Crippen molar-refractivity contribution in [1.29, 1.82) is 0 Å². The Labute approximate surface area is 123 Å². The van der Waals surface area contributed by atoms with Crippen molar-refractivity contribution in [3.63, 3.8) is 0 Å². The molecule has 1 aliphatic carbocycles. The molecule has 1 aromatic carbocycles. The summed E-state index contributed by atoms with van der Waals surface area (Å²) in [4.78, 5) is 0. The van der Waals surface area contributed by atoms with Crippen LogP contribution in [0.4, 0.5) is 0 Å². The highest BCUT2D eigenvalue weighted by Gasteiger charge is 2.17. The highest BCUT2D eigenvalue weighted by atomic mass is 127. The summed E-state index contributed by atoms with van der Waals surface area (Å²) in [5, 5.41) is 0. The van der Waals surface area contributed by atoms with E-state index in [2.05, 4.69) is 51.1 Å². The first-order valence-electron chi connectivity index (χ1n) is 6.26. The zero-order valence-electron chi connectivity index (χ0n) is 10.3. The Morgan fingerprint density at radius 3 is 2.83 bits per heavy atom. The van der Waals surface area contributed by atoms with Gasteiger partial charge in [0.1, 0.15) is 0 Å². The van der Waals surface area contributed by atoms with Gasteiger partial charge in [0.05, 0.1) is 6.37 Å². The Bertz CT molecular complexity index is 451. The summed E-state index contributed by atoms with van der Waals surface area (Å²) in [5.41, 5.74) is 9.34. The average molecular weight is 372 g/mol. The van der Waals surface area contributed by atoms with E-state index < -0.39 is 0 Å². The monoisotopic (exact) mass is 372 g/mol. The number of benzene rings is 1. The van der Waals surface area contributed by atoms with Crippen LogP contribution in [0.25, 0.3) is 5.57 Å². The molecule has 0 spiro atoms. The molecule has 0 aliphatic heterocycles. The van der Waals surface area contributed by atoms with Gasteiger partial charge in [-0.15, -0.1) is 0 Å². The quantitative estimate of drug-likeness (QED) is 0.466. The molecule has 2 rings (SSSR count). The number of rotatable bonds is 4. The first kappa shape index (κ1) is 14.0. The van der Waals surface area contributed by atoms with E-state index >= 15 is 0 Å². The molecule has 2 N–H and O–H groups in total. The fraction of sp³-hybridized carbons (Fsp3) is 0.357. The molecule has 1 aliphatic rings. The Balaban J connectivity index is 2.22. The fourth-order valence-electron chi connectivity index (χ4n) is 2.54. The van der Waals surface area contributed by atoms with Crippen LogP contribution < -0.4 is 5.73 Å². The van der Waals surface area contributed by atoms with Gasteiger partial charge in [0.15, 0.2) is 0 Å². The normalized spacial score (nSPS) is 18.4. The van der Waals surface area contributed by atoms with Crippen LogP contribution in [-0.2, 0) is 0 Å².